The summed E-state index contributed by atoms with van der Waals surface area (Å²) in [6, 6.07) is 7.12. The number of pyridine rings is 1. The molecule has 1 N–H and O–H groups in total. The van der Waals surface area contributed by atoms with Gasteiger partial charge in [-0.05, 0) is 24.6 Å². The van der Waals surface area contributed by atoms with Gasteiger partial charge in [-0.2, -0.15) is 0 Å². The highest BCUT2D eigenvalue weighted by molar-refractivity contribution is 6.03. The highest BCUT2D eigenvalue weighted by Gasteiger charge is 2.13. The average molecular weight is 375 g/mol. The normalized spacial score (nSPS) is 10.6. The lowest BCUT2D eigenvalue weighted by Crippen LogP contribution is -2.15. The van der Waals surface area contributed by atoms with E-state index in [-0.39, 0.29) is 11.4 Å². The van der Waals surface area contributed by atoms with Crippen LogP contribution in [0.2, 0.25) is 0 Å². The van der Waals surface area contributed by atoms with E-state index in [2.05, 4.69) is 25.3 Å². The van der Waals surface area contributed by atoms with Crippen molar-refractivity contribution < 1.29 is 13.6 Å². The Morgan fingerprint density at radius 2 is 1.96 bits per heavy atom. The zero-order valence-corrected chi connectivity index (χ0v) is 14.8. The number of carbonyl (C=O) groups is 1. The number of aryl methyl sites for hydroxylation is 1. The first kappa shape index (κ1) is 17.5. The minimum atomic E-state index is -0.704. The maximum atomic E-state index is 13.7. The van der Waals surface area contributed by atoms with Crippen LogP contribution in [0.25, 0.3) is 22.6 Å². The van der Waals surface area contributed by atoms with E-state index in [0.717, 1.165) is 22.9 Å². The number of hydrogen-bond acceptors (Lipinski definition) is 6. The fourth-order valence-electron chi connectivity index (χ4n) is 2.68. The van der Waals surface area contributed by atoms with Gasteiger partial charge in [-0.3, -0.25) is 14.8 Å². The van der Waals surface area contributed by atoms with E-state index in [1.54, 1.807) is 12.4 Å². The molecular weight excluding hydrogens is 361 g/mol. The summed E-state index contributed by atoms with van der Waals surface area (Å²) >= 11 is 0. The Hall–Kier alpha value is -3.94. The van der Waals surface area contributed by atoms with Crippen molar-refractivity contribution in [3.05, 3.63) is 78.6 Å². The predicted octanol–water partition coefficient (Wildman–Crippen LogP) is 3.89. The van der Waals surface area contributed by atoms with Crippen LogP contribution < -0.4 is 5.32 Å². The third-order valence-corrected chi connectivity index (χ3v) is 4.14. The van der Waals surface area contributed by atoms with Crippen molar-refractivity contribution in [1.82, 2.24) is 19.9 Å². The molecule has 0 aliphatic carbocycles. The van der Waals surface area contributed by atoms with E-state index in [0.29, 0.717) is 11.5 Å². The number of nitrogens with zero attached hydrogens (tertiary/aromatic N) is 4. The Morgan fingerprint density at radius 1 is 1.07 bits per heavy atom. The van der Waals surface area contributed by atoms with Gasteiger partial charge in [0.25, 0.3) is 5.91 Å². The van der Waals surface area contributed by atoms with Gasteiger partial charge < -0.3 is 9.73 Å². The van der Waals surface area contributed by atoms with Gasteiger partial charge in [0.05, 0.1) is 36.0 Å². The SMILES string of the molecule is Cc1ccc(-c2cnco2)cc1-c1cnc(NC(=O)c2ccncc2F)cn1. The fraction of sp³-hybridized carbons (Fsp3) is 0.0500. The van der Waals surface area contributed by atoms with Crippen molar-refractivity contribution >= 4 is 11.7 Å². The molecule has 0 spiro atoms. The van der Waals surface area contributed by atoms with Crippen LogP contribution in [-0.4, -0.2) is 25.8 Å². The number of oxazole rings is 1. The van der Waals surface area contributed by atoms with Crippen molar-refractivity contribution in [2.24, 2.45) is 0 Å². The second-order valence-electron chi connectivity index (χ2n) is 5.99. The molecule has 138 valence electrons. The summed E-state index contributed by atoms with van der Waals surface area (Å²) in [7, 11) is 0. The van der Waals surface area contributed by atoms with E-state index in [4.69, 9.17) is 4.42 Å². The summed E-state index contributed by atoms with van der Waals surface area (Å²) in [5.74, 6) is -0.457. The molecule has 0 fully saturated rings. The molecule has 1 amide bonds. The van der Waals surface area contributed by atoms with Crippen molar-refractivity contribution in [3.63, 3.8) is 0 Å². The smallest absolute Gasteiger partial charge is 0.259 e. The minimum absolute atomic E-state index is 0.114. The van der Waals surface area contributed by atoms with Crippen molar-refractivity contribution in [2.75, 3.05) is 5.32 Å². The predicted molar refractivity (Wildman–Crippen MR) is 99.9 cm³/mol. The number of halogens is 1. The second-order valence-corrected chi connectivity index (χ2v) is 5.99. The molecule has 7 nitrogen and oxygen atoms in total. The third kappa shape index (κ3) is 3.48. The maximum Gasteiger partial charge on any atom is 0.259 e. The number of nitrogens with one attached hydrogen (secondary N) is 1. The molecule has 0 saturated carbocycles. The van der Waals surface area contributed by atoms with Crippen LogP contribution in [-0.2, 0) is 0 Å². The van der Waals surface area contributed by atoms with Gasteiger partial charge in [-0.1, -0.05) is 12.1 Å². The monoisotopic (exact) mass is 375 g/mol. The molecule has 28 heavy (non-hydrogen) atoms. The van der Waals surface area contributed by atoms with Gasteiger partial charge in [-0.15, -0.1) is 0 Å². The Balaban J connectivity index is 1.58. The van der Waals surface area contributed by atoms with Crippen LogP contribution >= 0.6 is 0 Å². The molecule has 8 heteroatoms. The van der Waals surface area contributed by atoms with Crippen LogP contribution in [0.5, 0.6) is 0 Å². The number of benzene rings is 1. The Labute approximate surface area is 159 Å². The minimum Gasteiger partial charge on any atom is -0.444 e. The molecule has 1 aromatic carbocycles. The number of anilines is 1. The highest BCUT2D eigenvalue weighted by Crippen LogP contribution is 2.28. The van der Waals surface area contributed by atoms with Gasteiger partial charge in [0, 0.05) is 17.3 Å². The van der Waals surface area contributed by atoms with E-state index >= 15 is 0 Å². The first-order valence-corrected chi connectivity index (χ1v) is 8.34. The topological polar surface area (TPSA) is 93.8 Å². The molecule has 0 saturated heterocycles. The van der Waals surface area contributed by atoms with Crippen LogP contribution in [0.1, 0.15) is 15.9 Å². The number of aromatic nitrogens is 4. The summed E-state index contributed by atoms with van der Waals surface area (Å²) in [6.45, 7) is 1.96. The lowest BCUT2D eigenvalue weighted by atomic mass is 10.0. The Bertz CT molecular complexity index is 1130. The lowest BCUT2D eigenvalue weighted by molar-refractivity contribution is 0.102. The lowest BCUT2D eigenvalue weighted by Gasteiger charge is -2.09. The first-order chi connectivity index (χ1) is 13.6. The Kier molecular flexibility index (Phi) is 4.59. The van der Waals surface area contributed by atoms with E-state index in [9.17, 15) is 9.18 Å². The van der Waals surface area contributed by atoms with Crippen molar-refractivity contribution in [3.8, 4) is 22.6 Å². The molecule has 0 atom stereocenters. The van der Waals surface area contributed by atoms with Gasteiger partial charge in [-0.25, -0.2) is 14.4 Å². The molecule has 0 bridgehead atoms. The quantitative estimate of drug-likeness (QED) is 0.581. The zero-order chi connectivity index (χ0) is 19.5. The van der Waals surface area contributed by atoms with Crippen molar-refractivity contribution in [1.29, 1.82) is 0 Å². The zero-order valence-electron chi connectivity index (χ0n) is 14.8. The van der Waals surface area contributed by atoms with Crippen LogP contribution in [0.15, 0.2) is 66.1 Å². The highest BCUT2D eigenvalue weighted by atomic mass is 19.1. The first-order valence-electron chi connectivity index (χ1n) is 8.34. The van der Waals surface area contributed by atoms with Gasteiger partial charge in [0.15, 0.2) is 23.8 Å². The molecule has 4 aromatic rings. The average Bonchev–Trinajstić information content (AvgIpc) is 3.24. The number of amides is 1. The number of carbonyl (C=O) groups excluding carboxylic acids is 1. The van der Waals surface area contributed by atoms with Gasteiger partial charge in [0.1, 0.15) is 0 Å². The molecule has 0 unspecified atom stereocenters. The van der Waals surface area contributed by atoms with Crippen LogP contribution in [0.4, 0.5) is 10.2 Å². The molecule has 0 aliphatic rings. The molecule has 3 heterocycles. The fourth-order valence-corrected chi connectivity index (χ4v) is 2.68. The summed E-state index contributed by atoms with van der Waals surface area (Å²) < 4.78 is 19.0. The Morgan fingerprint density at radius 3 is 2.68 bits per heavy atom. The van der Waals surface area contributed by atoms with Gasteiger partial charge >= 0.3 is 0 Å². The molecule has 0 radical (unpaired) electrons. The molecule has 4 rings (SSSR count). The summed E-state index contributed by atoms with van der Waals surface area (Å²) in [4.78, 5) is 28.3. The second kappa shape index (κ2) is 7.36. The number of rotatable bonds is 4. The van der Waals surface area contributed by atoms with E-state index in [1.807, 2.05) is 25.1 Å². The van der Waals surface area contributed by atoms with Crippen LogP contribution in [0, 0.1) is 12.7 Å². The largest absolute Gasteiger partial charge is 0.444 e. The summed E-state index contributed by atoms with van der Waals surface area (Å²) in [5.41, 5.74) is 3.27. The standard InChI is InChI=1S/C20H14FN5O2/c1-12-2-3-13(18-9-23-11-28-18)6-15(12)17-8-25-19(10-24-17)26-20(27)14-4-5-22-7-16(14)21/h2-11H,1H3,(H,25,26,27). The summed E-state index contributed by atoms with van der Waals surface area (Å²) in [5, 5.41) is 2.52. The summed E-state index contributed by atoms with van der Waals surface area (Å²) in [6.07, 6.45) is 8.30. The van der Waals surface area contributed by atoms with Crippen molar-refractivity contribution in [2.45, 2.75) is 6.92 Å². The molecular formula is C20H14FN5O2. The maximum absolute atomic E-state index is 13.7. The molecule has 3 aromatic heterocycles. The number of hydrogen-bond donors (Lipinski definition) is 1. The molecule has 0 aliphatic heterocycles. The van der Waals surface area contributed by atoms with E-state index < -0.39 is 11.7 Å². The van der Waals surface area contributed by atoms with E-state index in [1.165, 1.54) is 24.9 Å². The van der Waals surface area contributed by atoms with Crippen LogP contribution in [0.3, 0.4) is 0 Å². The van der Waals surface area contributed by atoms with Gasteiger partial charge in [0.2, 0.25) is 0 Å². The third-order valence-electron chi connectivity index (χ3n) is 4.14.